The van der Waals surface area contributed by atoms with E-state index in [4.69, 9.17) is 11.6 Å². The average molecular weight is 423 g/mol. The van der Waals surface area contributed by atoms with Crippen LogP contribution in [0.25, 0.3) is 0 Å². The van der Waals surface area contributed by atoms with Crippen LogP contribution in [0.15, 0.2) is 34.9 Å². The molecular weight excluding hydrogens is 414 g/mol. The van der Waals surface area contributed by atoms with Gasteiger partial charge in [0.05, 0.1) is 15.2 Å². The van der Waals surface area contributed by atoms with Crippen LogP contribution in [0.1, 0.15) is 5.56 Å². The number of nitrogens with one attached hydrogen (secondary N) is 1. The lowest BCUT2D eigenvalue weighted by molar-refractivity contribution is 1.25. The van der Waals surface area contributed by atoms with Crippen LogP contribution in [-0.4, -0.2) is 4.98 Å². The first kappa shape index (κ1) is 13.1. The molecule has 2 nitrogen and oxygen atoms in total. The number of hydrogen-bond donors (Lipinski definition) is 1. The Bertz CT molecular complexity index is 560. The van der Waals surface area contributed by atoms with Crippen molar-refractivity contribution < 1.29 is 0 Å². The number of benzene rings is 1. The van der Waals surface area contributed by atoms with Crippen molar-refractivity contribution in [1.29, 1.82) is 0 Å². The summed E-state index contributed by atoms with van der Waals surface area (Å²) in [7, 11) is 0. The Hall–Kier alpha value is -0.330. The molecule has 0 aliphatic heterocycles. The summed E-state index contributed by atoms with van der Waals surface area (Å²) >= 11 is 11.9. The van der Waals surface area contributed by atoms with E-state index in [0.29, 0.717) is 5.02 Å². The van der Waals surface area contributed by atoms with E-state index in [2.05, 4.69) is 48.8 Å². The maximum atomic E-state index is 6.16. The summed E-state index contributed by atoms with van der Waals surface area (Å²) in [5.41, 5.74) is 1.98. The fraction of sp³-hybridized carbons (Fsp3) is 0.0833. The molecule has 0 unspecified atom stereocenters. The van der Waals surface area contributed by atoms with E-state index >= 15 is 0 Å². The summed E-state index contributed by atoms with van der Waals surface area (Å²) in [4.78, 5) is 4.28. The summed E-state index contributed by atoms with van der Waals surface area (Å²) < 4.78 is 2.06. The van der Waals surface area contributed by atoms with Gasteiger partial charge in [0.25, 0.3) is 0 Å². The van der Waals surface area contributed by atoms with Crippen LogP contribution in [0.3, 0.4) is 0 Å². The highest BCUT2D eigenvalue weighted by molar-refractivity contribution is 14.1. The summed E-state index contributed by atoms with van der Waals surface area (Å²) in [5.74, 6) is 0.771. The van der Waals surface area contributed by atoms with Gasteiger partial charge in [0.15, 0.2) is 0 Å². The molecule has 0 aliphatic rings. The molecule has 2 rings (SSSR count). The molecule has 0 spiro atoms. The number of aryl methyl sites for hydroxylation is 1. The van der Waals surface area contributed by atoms with Crippen LogP contribution in [0.4, 0.5) is 11.5 Å². The normalized spacial score (nSPS) is 10.4. The molecule has 0 atom stereocenters. The van der Waals surface area contributed by atoms with Crippen LogP contribution in [0, 0.1) is 10.5 Å². The maximum Gasteiger partial charge on any atom is 0.144 e. The lowest BCUT2D eigenvalue weighted by Gasteiger charge is -2.10. The van der Waals surface area contributed by atoms with Crippen molar-refractivity contribution in [2.75, 3.05) is 5.32 Å². The Kier molecular flexibility index (Phi) is 4.27. The first-order valence-electron chi connectivity index (χ1n) is 4.91. The van der Waals surface area contributed by atoms with Crippen LogP contribution in [-0.2, 0) is 0 Å². The van der Waals surface area contributed by atoms with Crippen LogP contribution in [0.5, 0.6) is 0 Å². The number of aromatic nitrogens is 1. The van der Waals surface area contributed by atoms with Gasteiger partial charge >= 0.3 is 0 Å². The average Bonchev–Trinajstić information content (AvgIpc) is 2.28. The van der Waals surface area contributed by atoms with Gasteiger partial charge in [-0.25, -0.2) is 4.98 Å². The van der Waals surface area contributed by atoms with E-state index in [0.717, 1.165) is 25.1 Å². The third-order valence-electron chi connectivity index (χ3n) is 2.27. The number of anilines is 2. The highest BCUT2D eigenvalue weighted by atomic mass is 127. The Morgan fingerprint density at radius 1 is 1.35 bits per heavy atom. The molecule has 0 bridgehead atoms. The highest BCUT2D eigenvalue weighted by Crippen LogP contribution is 2.30. The third kappa shape index (κ3) is 3.11. The van der Waals surface area contributed by atoms with Crippen molar-refractivity contribution in [2.45, 2.75) is 6.92 Å². The van der Waals surface area contributed by atoms with Gasteiger partial charge in [0.1, 0.15) is 5.82 Å². The number of halogens is 3. The second-order valence-electron chi connectivity index (χ2n) is 3.54. The topological polar surface area (TPSA) is 24.9 Å². The predicted octanol–water partition coefficient (Wildman–Crippen LogP) is 5.15. The molecule has 0 aliphatic carbocycles. The zero-order valence-electron chi connectivity index (χ0n) is 8.97. The zero-order chi connectivity index (χ0) is 12.4. The summed E-state index contributed by atoms with van der Waals surface area (Å²) in [6, 6.07) is 7.80. The monoisotopic (exact) mass is 422 g/mol. The van der Waals surface area contributed by atoms with E-state index in [1.165, 1.54) is 0 Å². The molecule has 2 aromatic rings. The molecule has 88 valence electrons. The van der Waals surface area contributed by atoms with Gasteiger partial charge in [-0.3, -0.25) is 0 Å². The van der Waals surface area contributed by atoms with Gasteiger partial charge in [0.2, 0.25) is 0 Å². The van der Waals surface area contributed by atoms with Crippen LogP contribution < -0.4 is 5.32 Å². The van der Waals surface area contributed by atoms with Crippen molar-refractivity contribution in [1.82, 2.24) is 4.98 Å². The van der Waals surface area contributed by atoms with Crippen molar-refractivity contribution in [3.8, 4) is 0 Å². The molecule has 1 aromatic heterocycles. The summed E-state index contributed by atoms with van der Waals surface area (Å²) in [5, 5.41) is 3.90. The Morgan fingerprint density at radius 3 is 2.82 bits per heavy atom. The SMILES string of the molecule is Cc1ccnc(Nc2ccc(I)cc2Cl)c1Br. The van der Waals surface area contributed by atoms with E-state index in [1.54, 1.807) is 6.20 Å². The fourth-order valence-corrected chi connectivity index (χ4v) is 2.58. The smallest absolute Gasteiger partial charge is 0.144 e. The molecule has 5 heteroatoms. The number of pyridine rings is 1. The third-order valence-corrected chi connectivity index (χ3v) is 4.25. The molecule has 0 saturated carbocycles. The molecule has 1 aromatic carbocycles. The van der Waals surface area contributed by atoms with Gasteiger partial charge in [0, 0.05) is 9.77 Å². The van der Waals surface area contributed by atoms with Crippen molar-refractivity contribution >= 4 is 61.6 Å². The van der Waals surface area contributed by atoms with Gasteiger partial charge in [-0.1, -0.05) is 11.6 Å². The van der Waals surface area contributed by atoms with E-state index < -0.39 is 0 Å². The van der Waals surface area contributed by atoms with Crippen molar-refractivity contribution in [2.24, 2.45) is 0 Å². The molecule has 0 saturated heterocycles. The van der Waals surface area contributed by atoms with Crippen LogP contribution >= 0.6 is 50.1 Å². The van der Waals surface area contributed by atoms with E-state index in [-0.39, 0.29) is 0 Å². The quantitative estimate of drug-likeness (QED) is 0.676. The Balaban J connectivity index is 2.35. The minimum atomic E-state index is 0.687. The van der Waals surface area contributed by atoms with E-state index in [1.807, 2.05) is 31.2 Å². The van der Waals surface area contributed by atoms with Crippen LogP contribution in [0.2, 0.25) is 5.02 Å². The maximum absolute atomic E-state index is 6.16. The van der Waals surface area contributed by atoms with Crippen molar-refractivity contribution in [3.05, 3.63) is 49.1 Å². The van der Waals surface area contributed by atoms with Gasteiger partial charge in [-0.05, 0) is 75.3 Å². The predicted molar refractivity (Wildman–Crippen MR) is 84.1 cm³/mol. The molecule has 17 heavy (non-hydrogen) atoms. The number of hydrogen-bond acceptors (Lipinski definition) is 2. The first-order valence-corrected chi connectivity index (χ1v) is 7.16. The minimum Gasteiger partial charge on any atom is -0.338 e. The summed E-state index contributed by atoms with van der Waals surface area (Å²) in [6.45, 7) is 2.02. The number of nitrogens with zero attached hydrogens (tertiary/aromatic N) is 1. The lowest BCUT2D eigenvalue weighted by Crippen LogP contribution is -1.96. The second-order valence-corrected chi connectivity index (χ2v) is 5.99. The minimum absolute atomic E-state index is 0.687. The van der Waals surface area contributed by atoms with Crippen molar-refractivity contribution in [3.63, 3.8) is 0 Å². The molecule has 0 radical (unpaired) electrons. The molecular formula is C12H9BrClIN2. The lowest BCUT2D eigenvalue weighted by atomic mass is 10.3. The Morgan fingerprint density at radius 2 is 2.12 bits per heavy atom. The second kappa shape index (κ2) is 5.54. The largest absolute Gasteiger partial charge is 0.338 e. The highest BCUT2D eigenvalue weighted by Gasteiger charge is 2.06. The van der Waals surface area contributed by atoms with E-state index in [9.17, 15) is 0 Å². The first-order chi connectivity index (χ1) is 8.08. The molecule has 0 amide bonds. The summed E-state index contributed by atoms with van der Waals surface area (Å²) in [6.07, 6.45) is 1.77. The molecule has 1 heterocycles. The molecule has 0 fully saturated rings. The van der Waals surface area contributed by atoms with Gasteiger partial charge < -0.3 is 5.32 Å². The Labute approximate surface area is 127 Å². The zero-order valence-corrected chi connectivity index (χ0v) is 13.5. The fourth-order valence-electron chi connectivity index (χ4n) is 1.35. The van der Waals surface area contributed by atoms with Gasteiger partial charge in [-0.15, -0.1) is 0 Å². The molecule has 1 N–H and O–H groups in total. The standard InChI is InChI=1S/C12H9BrClIN2/c1-7-4-5-16-12(11(7)13)17-10-3-2-8(15)6-9(10)14/h2-6H,1H3,(H,16,17). The van der Waals surface area contributed by atoms with Gasteiger partial charge in [-0.2, -0.15) is 0 Å². The number of rotatable bonds is 2.